The number of nitrogens with two attached hydrogens (primary N) is 1. The van der Waals surface area contributed by atoms with E-state index in [9.17, 15) is 4.79 Å². The van der Waals surface area contributed by atoms with Gasteiger partial charge in [0.05, 0.1) is 11.7 Å². The number of aromatic nitrogens is 2. The Morgan fingerprint density at radius 3 is 3.05 bits per heavy atom. The van der Waals surface area contributed by atoms with Gasteiger partial charge in [-0.15, -0.1) is 0 Å². The standard InChI is InChI=1S/C16H20N4O/c1-16(7-3-6-14(16)17)15(21)19-12-4-2-5-13(10-12)20-9-8-18-11-20/h2,4-5,8-11,14H,3,6-7,17H2,1H3,(H,19,21). The van der Waals surface area contributed by atoms with Crippen molar-refractivity contribution >= 4 is 11.6 Å². The average Bonchev–Trinajstić information content (AvgIpc) is 3.11. The number of carbonyl (C=O) groups excluding carboxylic acids is 1. The van der Waals surface area contributed by atoms with Crippen LogP contribution in [0, 0.1) is 5.41 Å². The molecule has 0 aliphatic heterocycles. The van der Waals surface area contributed by atoms with E-state index in [-0.39, 0.29) is 11.9 Å². The summed E-state index contributed by atoms with van der Waals surface area (Å²) < 4.78 is 1.90. The van der Waals surface area contributed by atoms with E-state index in [1.54, 1.807) is 12.5 Å². The van der Waals surface area contributed by atoms with Crippen molar-refractivity contribution in [3.8, 4) is 5.69 Å². The zero-order valence-electron chi connectivity index (χ0n) is 12.1. The molecule has 3 N–H and O–H groups in total. The highest BCUT2D eigenvalue weighted by molar-refractivity contribution is 5.96. The van der Waals surface area contributed by atoms with E-state index in [0.29, 0.717) is 0 Å². The largest absolute Gasteiger partial charge is 0.327 e. The molecule has 5 heteroatoms. The molecule has 5 nitrogen and oxygen atoms in total. The molecule has 1 saturated carbocycles. The minimum Gasteiger partial charge on any atom is -0.327 e. The Bertz CT molecular complexity index is 637. The number of rotatable bonds is 3. The first-order valence-corrected chi connectivity index (χ1v) is 7.25. The van der Waals surface area contributed by atoms with Gasteiger partial charge in [-0.25, -0.2) is 4.98 Å². The number of hydrogen-bond acceptors (Lipinski definition) is 3. The Balaban J connectivity index is 1.79. The number of imidazole rings is 1. The van der Waals surface area contributed by atoms with Crippen LogP contribution in [0.2, 0.25) is 0 Å². The molecule has 1 aromatic heterocycles. The van der Waals surface area contributed by atoms with E-state index in [1.807, 2.05) is 42.0 Å². The van der Waals surface area contributed by atoms with Gasteiger partial charge in [0.1, 0.15) is 0 Å². The molecule has 1 aromatic carbocycles. The fourth-order valence-corrected chi connectivity index (χ4v) is 2.91. The lowest BCUT2D eigenvalue weighted by Crippen LogP contribution is -2.44. The Labute approximate surface area is 124 Å². The fraction of sp³-hybridized carbons (Fsp3) is 0.375. The van der Waals surface area contributed by atoms with Crippen LogP contribution in [0.3, 0.4) is 0 Å². The van der Waals surface area contributed by atoms with E-state index < -0.39 is 5.41 Å². The van der Waals surface area contributed by atoms with Crippen LogP contribution in [-0.4, -0.2) is 21.5 Å². The topological polar surface area (TPSA) is 72.9 Å². The maximum atomic E-state index is 12.5. The van der Waals surface area contributed by atoms with Gasteiger partial charge in [0.25, 0.3) is 0 Å². The first kappa shape index (κ1) is 13.8. The molecular weight excluding hydrogens is 264 g/mol. The second-order valence-corrected chi connectivity index (χ2v) is 5.89. The lowest BCUT2D eigenvalue weighted by molar-refractivity contribution is -0.125. The third kappa shape index (κ3) is 2.56. The second kappa shape index (κ2) is 5.33. The third-order valence-electron chi connectivity index (χ3n) is 4.45. The minimum atomic E-state index is -0.467. The fourth-order valence-electron chi connectivity index (χ4n) is 2.91. The van der Waals surface area contributed by atoms with Crippen molar-refractivity contribution in [1.82, 2.24) is 9.55 Å². The molecule has 1 amide bonds. The Morgan fingerprint density at radius 1 is 1.52 bits per heavy atom. The first-order valence-electron chi connectivity index (χ1n) is 7.25. The van der Waals surface area contributed by atoms with Crippen molar-refractivity contribution < 1.29 is 4.79 Å². The number of nitrogens with one attached hydrogen (secondary N) is 1. The van der Waals surface area contributed by atoms with Gasteiger partial charge < -0.3 is 15.6 Å². The van der Waals surface area contributed by atoms with Crippen LogP contribution in [0.4, 0.5) is 5.69 Å². The highest BCUT2D eigenvalue weighted by Gasteiger charge is 2.42. The molecule has 0 bridgehead atoms. The van der Waals surface area contributed by atoms with Crippen molar-refractivity contribution in [3.05, 3.63) is 43.0 Å². The van der Waals surface area contributed by atoms with Gasteiger partial charge in [0, 0.05) is 29.8 Å². The SMILES string of the molecule is CC1(C(=O)Nc2cccc(-n3ccnc3)c2)CCCC1N. The molecule has 21 heavy (non-hydrogen) atoms. The zero-order valence-corrected chi connectivity index (χ0v) is 12.1. The molecule has 1 aliphatic rings. The van der Waals surface area contributed by atoms with E-state index in [2.05, 4.69) is 10.3 Å². The summed E-state index contributed by atoms with van der Waals surface area (Å²) in [6.45, 7) is 1.96. The van der Waals surface area contributed by atoms with Gasteiger partial charge in [-0.1, -0.05) is 12.5 Å². The lowest BCUT2D eigenvalue weighted by atomic mass is 9.84. The predicted molar refractivity (Wildman–Crippen MR) is 82.1 cm³/mol. The van der Waals surface area contributed by atoms with Gasteiger partial charge in [-0.2, -0.15) is 0 Å². The second-order valence-electron chi connectivity index (χ2n) is 5.89. The van der Waals surface area contributed by atoms with Gasteiger partial charge in [0.2, 0.25) is 5.91 Å². The monoisotopic (exact) mass is 284 g/mol. The van der Waals surface area contributed by atoms with Crippen molar-refractivity contribution in [1.29, 1.82) is 0 Å². The summed E-state index contributed by atoms with van der Waals surface area (Å²) in [6.07, 6.45) is 8.11. The predicted octanol–water partition coefficient (Wildman–Crippen LogP) is 2.33. The number of nitrogens with zero attached hydrogens (tertiary/aromatic N) is 2. The molecule has 2 atom stereocenters. The maximum absolute atomic E-state index is 12.5. The summed E-state index contributed by atoms with van der Waals surface area (Å²) in [5, 5.41) is 3.00. The van der Waals surface area contributed by atoms with Crippen LogP contribution in [-0.2, 0) is 4.79 Å². The number of anilines is 1. The molecular formula is C16H20N4O. The number of benzene rings is 1. The molecule has 0 radical (unpaired) electrons. The number of amides is 1. The summed E-state index contributed by atoms with van der Waals surface area (Å²) in [6, 6.07) is 7.66. The lowest BCUT2D eigenvalue weighted by Gasteiger charge is -2.27. The van der Waals surface area contributed by atoms with Crippen LogP contribution in [0.5, 0.6) is 0 Å². The Kier molecular flexibility index (Phi) is 3.51. The van der Waals surface area contributed by atoms with Crippen LogP contribution in [0.15, 0.2) is 43.0 Å². The van der Waals surface area contributed by atoms with E-state index in [0.717, 1.165) is 30.6 Å². The Hall–Kier alpha value is -2.14. The van der Waals surface area contributed by atoms with Crippen molar-refractivity contribution in [2.75, 3.05) is 5.32 Å². The van der Waals surface area contributed by atoms with Crippen LogP contribution in [0.25, 0.3) is 5.69 Å². The molecule has 3 rings (SSSR count). The van der Waals surface area contributed by atoms with Crippen LogP contribution in [0.1, 0.15) is 26.2 Å². The molecule has 2 unspecified atom stereocenters. The molecule has 0 saturated heterocycles. The van der Waals surface area contributed by atoms with E-state index in [4.69, 9.17) is 5.73 Å². The van der Waals surface area contributed by atoms with Crippen LogP contribution >= 0.6 is 0 Å². The third-order valence-corrected chi connectivity index (χ3v) is 4.45. The number of carbonyl (C=O) groups is 1. The average molecular weight is 284 g/mol. The molecule has 1 heterocycles. The normalized spacial score (nSPS) is 25.0. The molecule has 0 spiro atoms. The van der Waals surface area contributed by atoms with Gasteiger partial charge in [-0.05, 0) is 38.0 Å². The maximum Gasteiger partial charge on any atom is 0.231 e. The van der Waals surface area contributed by atoms with Crippen molar-refractivity contribution in [3.63, 3.8) is 0 Å². The molecule has 1 aliphatic carbocycles. The summed E-state index contributed by atoms with van der Waals surface area (Å²) >= 11 is 0. The smallest absolute Gasteiger partial charge is 0.231 e. The summed E-state index contributed by atoms with van der Waals surface area (Å²) in [5.74, 6) is 0.00952. The molecule has 1 fully saturated rings. The summed E-state index contributed by atoms with van der Waals surface area (Å²) in [4.78, 5) is 16.6. The van der Waals surface area contributed by atoms with Gasteiger partial charge in [0.15, 0.2) is 0 Å². The highest BCUT2D eigenvalue weighted by Crippen LogP contribution is 2.37. The zero-order chi connectivity index (χ0) is 14.9. The first-order chi connectivity index (χ1) is 10.1. The number of hydrogen-bond donors (Lipinski definition) is 2. The molecule has 110 valence electrons. The van der Waals surface area contributed by atoms with E-state index >= 15 is 0 Å². The van der Waals surface area contributed by atoms with Gasteiger partial charge >= 0.3 is 0 Å². The van der Waals surface area contributed by atoms with Gasteiger partial charge in [-0.3, -0.25) is 4.79 Å². The van der Waals surface area contributed by atoms with Crippen molar-refractivity contribution in [2.45, 2.75) is 32.2 Å². The van der Waals surface area contributed by atoms with Crippen LogP contribution < -0.4 is 11.1 Å². The summed E-state index contributed by atoms with van der Waals surface area (Å²) in [5.41, 5.74) is 7.38. The minimum absolute atomic E-state index is 0.00952. The quantitative estimate of drug-likeness (QED) is 0.908. The summed E-state index contributed by atoms with van der Waals surface area (Å²) in [7, 11) is 0. The molecule has 2 aromatic rings. The van der Waals surface area contributed by atoms with Crippen molar-refractivity contribution in [2.24, 2.45) is 11.1 Å². The van der Waals surface area contributed by atoms with E-state index in [1.165, 1.54) is 0 Å². The highest BCUT2D eigenvalue weighted by atomic mass is 16.2. The Morgan fingerprint density at radius 2 is 2.38 bits per heavy atom.